The summed E-state index contributed by atoms with van der Waals surface area (Å²) in [6.45, 7) is 6.79. The monoisotopic (exact) mass is 446 g/mol. The van der Waals surface area contributed by atoms with E-state index in [1.165, 1.54) is 31.5 Å². The second-order valence-electron chi connectivity index (χ2n) is 6.31. The molecule has 24 heavy (non-hydrogen) atoms. The first-order chi connectivity index (χ1) is 11.2. The van der Waals surface area contributed by atoms with Gasteiger partial charge in [0.1, 0.15) is 12.4 Å². The quantitative estimate of drug-likeness (QED) is 0.305. The van der Waals surface area contributed by atoms with Crippen LogP contribution < -0.4 is 15.4 Å². The van der Waals surface area contributed by atoms with Crippen LogP contribution in [0.5, 0.6) is 5.75 Å². The predicted octanol–water partition coefficient (Wildman–Crippen LogP) is 2.50. The lowest BCUT2D eigenvalue weighted by Gasteiger charge is -2.30. The Morgan fingerprint density at radius 2 is 2.04 bits per heavy atom. The Balaban J connectivity index is 0.00000288. The van der Waals surface area contributed by atoms with Crippen LogP contribution in [-0.2, 0) is 0 Å². The summed E-state index contributed by atoms with van der Waals surface area (Å²) >= 11 is 0. The van der Waals surface area contributed by atoms with E-state index in [0.717, 1.165) is 24.8 Å². The molecular weight excluding hydrogens is 415 g/mol. The molecular formula is C18H31IN4O. The van der Waals surface area contributed by atoms with Crippen molar-refractivity contribution in [1.29, 1.82) is 0 Å². The number of hydrogen-bond donors (Lipinski definition) is 2. The highest BCUT2D eigenvalue weighted by atomic mass is 127. The smallest absolute Gasteiger partial charge is 0.191 e. The molecule has 0 aromatic heterocycles. The molecule has 0 amide bonds. The molecule has 0 saturated carbocycles. The van der Waals surface area contributed by atoms with Gasteiger partial charge < -0.3 is 20.3 Å². The highest BCUT2D eigenvalue weighted by molar-refractivity contribution is 14.0. The molecule has 0 bridgehead atoms. The van der Waals surface area contributed by atoms with Crippen molar-refractivity contribution in [3.05, 3.63) is 29.8 Å². The molecule has 136 valence electrons. The second kappa shape index (κ2) is 11.5. The molecule has 2 N–H and O–H groups in total. The van der Waals surface area contributed by atoms with Gasteiger partial charge >= 0.3 is 0 Å². The molecule has 1 aromatic rings. The van der Waals surface area contributed by atoms with E-state index in [1.807, 2.05) is 19.2 Å². The Morgan fingerprint density at radius 1 is 1.29 bits per heavy atom. The number of likely N-dealkylation sites (tertiary alicyclic amines) is 1. The summed E-state index contributed by atoms with van der Waals surface area (Å²) in [5, 5.41) is 6.72. The summed E-state index contributed by atoms with van der Waals surface area (Å²) in [6.07, 6.45) is 2.59. The fraction of sp³-hybridized carbons (Fsp3) is 0.611. The highest BCUT2D eigenvalue weighted by Gasteiger charge is 2.17. The van der Waals surface area contributed by atoms with E-state index in [-0.39, 0.29) is 24.0 Å². The zero-order valence-electron chi connectivity index (χ0n) is 15.0. The maximum absolute atomic E-state index is 5.71. The van der Waals surface area contributed by atoms with Gasteiger partial charge in [-0.25, -0.2) is 0 Å². The lowest BCUT2D eigenvalue weighted by Crippen LogP contribution is -2.44. The maximum atomic E-state index is 5.71. The summed E-state index contributed by atoms with van der Waals surface area (Å²) in [4.78, 5) is 6.68. The topological polar surface area (TPSA) is 48.9 Å². The summed E-state index contributed by atoms with van der Waals surface area (Å²) in [6, 6.07) is 8.12. The molecule has 1 aliphatic rings. The summed E-state index contributed by atoms with van der Waals surface area (Å²) < 4.78 is 5.71. The lowest BCUT2D eigenvalue weighted by atomic mass is 9.99. The molecule has 1 saturated heterocycles. The van der Waals surface area contributed by atoms with Crippen molar-refractivity contribution in [2.75, 3.05) is 46.9 Å². The van der Waals surface area contributed by atoms with Crippen LogP contribution in [0, 0.1) is 12.8 Å². The van der Waals surface area contributed by atoms with Gasteiger partial charge in [-0.2, -0.15) is 0 Å². The van der Waals surface area contributed by atoms with Gasteiger partial charge in [-0.15, -0.1) is 24.0 Å². The van der Waals surface area contributed by atoms with Crippen LogP contribution >= 0.6 is 24.0 Å². The van der Waals surface area contributed by atoms with E-state index in [2.05, 4.69) is 46.6 Å². The van der Waals surface area contributed by atoms with Gasteiger partial charge in [0, 0.05) is 20.1 Å². The fourth-order valence-corrected chi connectivity index (χ4v) is 2.87. The summed E-state index contributed by atoms with van der Waals surface area (Å²) in [5.74, 6) is 2.47. The van der Waals surface area contributed by atoms with Crippen LogP contribution in [0.1, 0.15) is 18.4 Å². The molecule has 1 fully saturated rings. The number of aliphatic imine (C=N–C) groups is 1. The van der Waals surface area contributed by atoms with Gasteiger partial charge in [0.2, 0.25) is 0 Å². The number of halogens is 1. The van der Waals surface area contributed by atoms with Crippen LogP contribution in [0.2, 0.25) is 0 Å². The SMILES string of the molecule is CN=C(NCCOc1ccc(C)cc1)NCC1CCCN(C)C1.I. The minimum Gasteiger partial charge on any atom is -0.492 e. The normalized spacial score (nSPS) is 18.6. The van der Waals surface area contributed by atoms with Gasteiger partial charge in [-0.1, -0.05) is 17.7 Å². The third kappa shape index (κ3) is 7.70. The molecule has 1 aliphatic heterocycles. The molecule has 0 radical (unpaired) electrons. The van der Waals surface area contributed by atoms with Gasteiger partial charge in [-0.3, -0.25) is 4.99 Å². The lowest BCUT2D eigenvalue weighted by molar-refractivity contribution is 0.210. The third-order valence-corrected chi connectivity index (χ3v) is 4.19. The van der Waals surface area contributed by atoms with E-state index < -0.39 is 0 Å². The highest BCUT2D eigenvalue weighted by Crippen LogP contribution is 2.13. The van der Waals surface area contributed by atoms with E-state index in [1.54, 1.807) is 0 Å². The largest absolute Gasteiger partial charge is 0.492 e. The summed E-state index contributed by atoms with van der Waals surface area (Å²) in [5.41, 5.74) is 1.24. The van der Waals surface area contributed by atoms with Crippen molar-refractivity contribution < 1.29 is 4.74 Å². The number of ether oxygens (including phenoxy) is 1. The van der Waals surface area contributed by atoms with Crippen LogP contribution in [0.15, 0.2) is 29.3 Å². The average Bonchev–Trinajstić information content (AvgIpc) is 2.56. The number of aryl methyl sites for hydroxylation is 1. The Labute approximate surface area is 163 Å². The Hall–Kier alpha value is -1.02. The standard InChI is InChI=1S/C18H30N4O.HI/c1-15-6-8-17(9-7-15)23-12-10-20-18(19-2)21-13-16-5-4-11-22(3)14-16;/h6-9,16H,4-5,10-14H2,1-3H3,(H2,19,20,21);1H. The van der Waals surface area contributed by atoms with Crippen molar-refractivity contribution in [3.8, 4) is 5.75 Å². The second-order valence-corrected chi connectivity index (χ2v) is 6.31. The van der Waals surface area contributed by atoms with Crippen molar-refractivity contribution in [1.82, 2.24) is 15.5 Å². The van der Waals surface area contributed by atoms with E-state index in [4.69, 9.17) is 4.74 Å². The number of hydrogen-bond acceptors (Lipinski definition) is 3. The molecule has 1 heterocycles. The number of piperidine rings is 1. The van der Waals surface area contributed by atoms with Crippen LogP contribution in [-0.4, -0.2) is 57.7 Å². The van der Waals surface area contributed by atoms with Crippen molar-refractivity contribution in [2.45, 2.75) is 19.8 Å². The van der Waals surface area contributed by atoms with Gasteiger partial charge in [-0.05, 0) is 51.4 Å². The van der Waals surface area contributed by atoms with E-state index in [9.17, 15) is 0 Å². The van der Waals surface area contributed by atoms with Gasteiger partial charge in [0.15, 0.2) is 5.96 Å². The zero-order valence-corrected chi connectivity index (χ0v) is 17.4. The first-order valence-electron chi connectivity index (χ1n) is 8.50. The van der Waals surface area contributed by atoms with Crippen molar-refractivity contribution >= 4 is 29.9 Å². The van der Waals surface area contributed by atoms with Gasteiger partial charge in [0.25, 0.3) is 0 Å². The molecule has 5 nitrogen and oxygen atoms in total. The van der Waals surface area contributed by atoms with Crippen LogP contribution in [0.25, 0.3) is 0 Å². The molecule has 1 unspecified atom stereocenters. The minimum absolute atomic E-state index is 0. The molecule has 1 atom stereocenters. The van der Waals surface area contributed by atoms with Crippen molar-refractivity contribution in [2.24, 2.45) is 10.9 Å². The first-order valence-corrected chi connectivity index (χ1v) is 8.50. The van der Waals surface area contributed by atoms with Crippen LogP contribution in [0.3, 0.4) is 0 Å². The number of guanidine groups is 1. The molecule has 0 spiro atoms. The van der Waals surface area contributed by atoms with Crippen LogP contribution in [0.4, 0.5) is 0 Å². The molecule has 6 heteroatoms. The van der Waals surface area contributed by atoms with Gasteiger partial charge in [0.05, 0.1) is 6.54 Å². The predicted molar refractivity (Wildman–Crippen MR) is 112 cm³/mol. The third-order valence-electron chi connectivity index (χ3n) is 4.19. The molecule has 0 aliphatic carbocycles. The Kier molecular flexibility index (Phi) is 10.1. The molecule has 1 aromatic carbocycles. The van der Waals surface area contributed by atoms with E-state index in [0.29, 0.717) is 12.5 Å². The number of nitrogens with one attached hydrogen (secondary N) is 2. The van der Waals surface area contributed by atoms with Crippen molar-refractivity contribution in [3.63, 3.8) is 0 Å². The minimum atomic E-state index is 0. The Bertz CT molecular complexity index is 492. The first kappa shape index (κ1) is 21.0. The van der Waals surface area contributed by atoms with E-state index >= 15 is 0 Å². The maximum Gasteiger partial charge on any atom is 0.191 e. The number of rotatable bonds is 6. The average molecular weight is 446 g/mol. The molecule has 2 rings (SSSR count). The fourth-order valence-electron chi connectivity index (χ4n) is 2.87. The number of benzene rings is 1. The summed E-state index contributed by atoms with van der Waals surface area (Å²) in [7, 11) is 4.00. The zero-order chi connectivity index (χ0) is 16.5. The number of nitrogens with zero attached hydrogens (tertiary/aromatic N) is 2. The Morgan fingerprint density at radius 3 is 2.71 bits per heavy atom.